The van der Waals surface area contributed by atoms with Crippen LogP contribution in [0.4, 0.5) is 11.6 Å². The van der Waals surface area contributed by atoms with Crippen LogP contribution in [0.2, 0.25) is 0 Å². The van der Waals surface area contributed by atoms with Gasteiger partial charge in [0, 0.05) is 59.3 Å². The number of benzene rings is 1. The predicted octanol–water partition coefficient (Wildman–Crippen LogP) is 2.51. The number of aromatic nitrogens is 4. The number of primary amides is 1. The molecule has 10 nitrogen and oxygen atoms in total. The molecule has 0 aliphatic heterocycles. The van der Waals surface area contributed by atoms with Crippen LogP contribution in [0.25, 0.3) is 5.65 Å². The van der Waals surface area contributed by atoms with Gasteiger partial charge in [-0.05, 0) is 6.42 Å². The van der Waals surface area contributed by atoms with Crippen LogP contribution in [0.5, 0.6) is 11.5 Å². The lowest BCUT2D eigenvalue weighted by molar-refractivity contribution is -0.115. The molecule has 1 unspecified atom stereocenters. The van der Waals surface area contributed by atoms with E-state index in [1.807, 2.05) is 19.9 Å². The molecule has 0 bridgehead atoms. The smallest absolute Gasteiger partial charge is 0.247 e. The summed E-state index contributed by atoms with van der Waals surface area (Å²) in [6.45, 7) is 3.70. The maximum Gasteiger partial charge on any atom is 0.247 e. The highest BCUT2D eigenvalue weighted by atomic mass is 16.5. The van der Waals surface area contributed by atoms with Gasteiger partial charge in [0.15, 0.2) is 5.65 Å². The fourth-order valence-electron chi connectivity index (χ4n) is 4.20. The maximum atomic E-state index is 12.0. The molecule has 34 heavy (non-hydrogen) atoms. The number of nitrogens with two attached hydrogens (primary N) is 1. The summed E-state index contributed by atoms with van der Waals surface area (Å²) in [5.41, 5.74) is 6.30. The maximum absolute atomic E-state index is 12.0. The third kappa shape index (κ3) is 3.96. The van der Waals surface area contributed by atoms with Crippen LogP contribution in [0.15, 0.2) is 54.4 Å². The molecule has 4 rings (SSSR count). The first-order valence-corrected chi connectivity index (χ1v) is 10.7. The minimum atomic E-state index is -0.840. The highest BCUT2D eigenvalue weighted by Gasteiger charge is 2.48. The SMILES string of the molecule is COc1cc(Nc2nc3c(C4(C(C)(C)CO)C=CC=C(C(N)=O)C4)nccn3n2)cc(OC)c1. The highest BCUT2D eigenvalue weighted by molar-refractivity contribution is 5.93. The van der Waals surface area contributed by atoms with E-state index in [4.69, 9.17) is 20.2 Å². The quantitative estimate of drug-likeness (QED) is 0.462. The number of ether oxygens (including phenoxy) is 2. The van der Waals surface area contributed by atoms with Crippen molar-refractivity contribution in [3.05, 3.63) is 60.1 Å². The highest BCUT2D eigenvalue weighted by Crippen LogP contribution is 2.49. The van der Waals surface area contributed by atoms with Crippen LogP contribution in [0.1, 0.15) is 26.0 Å². The van der Waals surface area contributed by atoms with Gasteiger partial charge >= 0.3 is 0 Å². The first-order valence-electron chi connectivity index (χ1n) is 10.7. The molecule has 4 N–H and O–H groups in total. The minimum Gasteiger partial charge on any atom is -0.497 e. The van der Waals surface area contributed by atoms with Crippen molar-refractivity contribution in [2.45, 2.75) is 25.7 Å². The van der Waals surface area contributed by atoms with Crippen LogP contribution < -0.4 is 20.5 Å². The topological polar surface area (TPSA) is 137 Å². The van der Waals surface area contributed by atoms with Gasteiger partial charge in [-0.2, -0.15) is 4.98 Å². The molecule has 1 aliphatic rings. The van der Waals surface area contributed by atoms with Crippen LogP contribution in [-0.4, -0.2) is 51.4 Å². The second-order valence-electron chi connectivity index (χ2n) is 8.81. The van der Waals surface area contributed by atoms with Crippen LogP contribution in [0.3, 0.4) is 0 Å². The van der Waals surface area contributed by atoms with Gasteiger partial charge in [-0.15, -0.1) is 5.10 Å². The molecule has 0 spiro atoms. The van der Waals surface area contributed by atoms with Crippen molar-refractivity contribution in [2.75, 3.05) is 26.1 Å². The summed E-state index contributed by atoms with van der Waals surface area (Å²) < 4.78 is 12.3. The van der Waals surface area contributed by atoms with E-state index < -0.39 is 16.7 Å². The second kappa shape index (κ2) is 8.79. The average molecular weight is 465 g/mol. The van der Waals surface area contributed by atoms with Crippen molar-refractivity contribution in [3.8, 4) is 11.5 Å². The number of methoxy groups -OCH3 is 2. The zero-order valence-corrected chi connectivity index (χ0v) is 19.6. The Bertz CT molecular complexity index is 1270. The largest absolute Gasteiger partial charge is 0.497 e. The number of fused-ring (bicyclic) bond motifs is 1. The number of nitrogens with one attached hydrogen (secondary N) is 1. The second-order valence-corrected chi connectivity index (χ2v) is 8.81. The number of amides is 1. The third-order valence-corrected chi connectivity index (χ3v) is 6.35. The van der Waals surface area contributed by atoms with E-state index in [2.05, 4.69) is 15.4 Å². The summed E-state index contributed by atoms with van der Waals surface area (Å²) in [6, 6.07) is 5.37. The van der Waals surface area contributed by atoms with Gasteiger partial charge in [-0.3, -0.25) is 9.78 Å². The molecule has 10 heteroatoms. The third-order valence-electron chi connectivity index (χ3n) is 6.35. The molecule has 0 saturated heterocycles. The summed E-state index contributed by atoms with van der Waals surface area (Å²) in [4.78, 5) is 21.4. The number of aliphatic hydroxyl groups is 1. The number of aliphatic hydroxyl groups excluding tert-OH is 1. The molecule has 1 aromatic carbocycles. The molecule has 0 saturated carbocycles. The van der Waals surface area contributed by atoms with Crippen LogP contribution >= 0.6 is 0 Å². The Morgan fingerprint density at radius 3 is 2.59 bits per heavy atom. The summed E-state index contributed by atoms with van der Waals surface area (Å²) in [6.07, 6.45) is 9.03. The lowest BCUT2D eigenvalue weighted by atomic mass is 9.59. The van der Waals surface area contributed by atoms with E-state index in [9.17, 15) is 9.90 Å². The van der Waals surface area contributed by atoms with Gasteiger partial charge in [-0.1, -0.05) is 32.1 Å². The zero-order chi connectivity index (χ0) is 24.5. The Balaban J connectivity index is 1.82. The molecular formula is C24H28N6O4. The number of carbonyl (C=O) groups excluding carboxylic acids is 1. The van der Waals surface area contributed by atoms with Crippen molar-refractivity contribution in [2.24, 2.45) is 11.1 Å². The minimum absolute atomic E-state index is 0.144. The number of allylic oxidation sites excluding steroid dienone is 3. The van der Waals surface area contributed by atoms with Gasteiger partial charge in [0.2, 0.25) is 11.9 Å². The molecule has 0 fully saturated rings. The lowest BCUT2D eigenvalue weighted by Gasteiger charge is -2.44. The molecule has 1 aliphatic carbocycles. The lowest BCUT2D eigenvalue weighted by Crippen LogP contribution is -2.46. The Morgan fingerprint density at radius 1 is 1.26 bits per heavy atom. The Kier molecular flexibility index (Phi) is 6.01. The van der Waals surface area contributed by atoms with Crippen LogP contribution in [-0.2, 0) is 10.2 Å². The summed E-state index contributed by atoms with van der Waals surface area (Å²) >= 11 is 0. The Labute approximate surface area is 197 Å². The predicted molar refractivity (Wildman–Crippen MR) is 127 cm³/mol. The van der Waals surface area contributed by atoms with E-state index in [0.717, 1.165) is 0 Å². The van der Waals surface area contributed by atoms with Crippen molar-refractivity contribution in [1.29, 1.82) is 0 Å². The van der Waals surface area contributed by atoms with E-state index in [1.54, 1.807) is 61.5 Å². The summed E-state index contributed by atoms with van der Waals surface area (Å²) in [5.74, 6) is 1.07. The Morgan fingerprint density at radius 2 is 1.97 bits per heavy atom. The van der Waals surface area contributed by atoms with Crippen molar-refractivity contribution in [1.82, 2.24) is 19.6 Å². The van der Waals surface area contributed by atoms with Gasteiger partial charge in [0.05, 0.1) is 19.9 Å². The molecule has 178 valence electrons. The van der Waals surface area contributed by atoms with Crippen molar-refractivity contribution < 1.29 is 19.4 Å². The van der Waals surface area contributed by atoms with Crippen LogP contribution in [0, 0.1) is 5.41 Å². The van der Waals surface area contributed by atoms with Crippen molar-refractivity contribution >= 4 is 23.2 Å². The molecule has 1 atom stereocenters. The molecule has 2 aromatic heterocycles. The van der Waals surface area contributed by atoms with Gasteiger partial charge in [0.1, 0.15) is 11.5 Å². The van der Waals surface area contributed by atoms with E-state index in [0.29, 0.717) is 40.0 Å². The standard InChI is InChI=1S/C24H28N6O4/c1-23(2,14-31)24(7-5-6-15(13-24)20(25)32)19-21-28-22(29-30(21)9-8-26-19)27-16-10-17(33-3)12-18(11-16)34-4/h5-12,31H,13-14H2,1-4H3,(H2,25,32)(H,27,29). The molecule has 3 aromatic rings. The van der Waals surface area contributed by atoms with E-state index >= 15 is 0 Å². The van der Waals surface area contributed by atoms with E-state index in [1.165, 1.54) is 0 Å². The average Bonchev–Trinajstić information content (AvgIpc) is 3.25. The molecule has 0 radical (unpaired) electrons. The first-order chi connectivity index (χ1) is 16.2. The number of carbonyl (C=O) groups is 1. The van der Waals surface area contributed by atoms with E-state index in [-0.39, 0.29) is 13.0 Å². The summed E-state index contributed by atoms with van der Waals surface area (Å²) in [7, 11) is 3.16. The zero-order valence-electron chi connectivity index (χ0n) is 19.6. The van der Waals surface area contributed by atoms with Gasteiger partial charge in [-0.25, -0.2) is 4.52 Å². The van der Waals surface area contributed by atoms with Gasteiger partial charge in [0.25, 0.3) is 0 Å². The fourth-order valence-corrected chi connectivity index (χ4v) is 4.20. The first kappa shape index (κ1) is 23.2. The number of hydrogen-bond acceptors (Lipinski definition) is 8. The molecular weight excluding hydrogens is 436 g/mol. The monoisotopic (exact) mass is 464 g/mol. The summed E-state index contributed by atoms with van der Waals surface area (Å²) in [5, 5.41) is 18.0. The normalized spacial score (nSPS) is 18.0. The number of anilines is 2. The fraction of sp³-hybridized carbons (Fsp3) is 0.333. The Hall–Kier alpha value is -3.92. The van der Waals surface area contributed by atoms with Gasteiger partial charge < -0.3 is 25.6 Å². The molecule has 1 amide bonds. The number of hydrogen-bond donors (Lipinski definition) is 3. The molecule has 2 heterocycles. The van der Waals surface area contributed by atoms with Crippen molar-refractivity contribution in [3.63, 3.8) is 0 Å². The number of nitrogens with zero attached hydrogens (tertiary/aromatic N) is 4. The number of rotatable bonds is 8.